The number of nitrogens with one attached hydrogen (secondary N) is 1. The van der Waals surface area contributed by atoms with Crippen LogP contribution in [0.3, 0.4) is 0 Å². The van der Waals surface area contributed by atoms with Crippen LogP contribution in [0.4, 0.5) is 8.78 Å². The van der Waals surface area contributed by atoms with Crippen LogP contribution in [-0.4, -0.2) is 0 Å². The fraction of sp³-hybridized carbons (Fsp3) is 0.143. The number of aryl methyl sites for hydroxylation is 1. The zero-order valence-corrected chi connectivity index (χ0v) is 11.8. The molecule has 0 bridgehead atoms. The van der Waals surface area contributed by atoms with Crippen LogP contribution in [0.25, 0.3) is 0 Å². The molecule has 19 heavy (non-hydrogen) atoms. The summed E-state index contributed by atoms with van der Waals surface area (Å²) in [6.45, 7) is 1.94. The summed E-state index contributed by atoms with van der Waals surface area (Å²) in [7, 11) is 0. The minimum atomic E-state index is -0.738. The Balaban J connectivity index is 2.54. The van der Waals surface area contributed by atoms with E-state index in [0.29, 0.717) is 5.56 Å². The molecule has 2 aromatic carbocycles. The van der Waals surface area contributed by atoms with E-state index < -0.39 is 17.7 Å². The van der Waals surface area contributed by atoms with E-state index in [0.717, 1.165) is 5.56 Å². The summed E-state index contributed by atoms with van der Waals surface area (Å²) in [5.74, 6) is 4.18. The summed E-state index contributed by atoms with van der Waals surface area (Å²) in [5.41, 5.74) is 4.13. The van der Waals surface area contributed by atoms with Crippen LogP contribution in [0.1, 0.15) is 22.7 Å². The Labute approximate surface area is 118 Å². The van der Waals surface area contributed by atoms with Gasteiger partial charge in [-0.15, -0.1) is 0 Å². The SMILES string of the molecule is Cc1ccc(C(NN)c2c(F)ccc(Br)c2F)cc1. The lowest BCUT2D eigenvalue weighted by atomic mass is 9.97. The van der Waals surface area contributed by atoms with Crippen molar-refractivity contribution in [1.29, 1.82) is 0 Å². The third-order valence-corrected chi connectivity index (χ3v) is 3.56. The van der Waals surface area contributed by atoms with E-state index in [1.807, 2.05) is 19.1 Å². The Hall–Kier alpha value is -1.30. The molecular weight excluding hydrogens is 314 g/mol. The highest BCUT2D eigenvalue weighted by atomic mass is 79.9. The first-order valence-corrected chi connectivity index (χ1v) is 6.50. The minimum absolute atomic E-state index is 0.0965. The summed E-state index contributed by atoms with van der Waals surface area (Å²) in [6.07, 6.45) is 0. The lowest BCUT2D eigenvalue weighted by Crippen LogP contribution is -2.30. The quantitative estimate of drug-likeness (QED) is 0.514. The van der Waals surface area contributed by atoms with E-state index in [4.69, 9.17) is 5.84 Å². The molecule has 2 aromatic rings. The highest BCUT2D eigenvalue weighted by molar-refractivity contribution is 9.10. The highest BCUT2D eigenvalue weighted by Crippen LogP contribution is 2.30. The van der Waals surface area contributed by atoms with E-state index in [1.54, 1.807) is 12.1 Å². The lowest BCUT2D eigenvalue weighted by Gasteiger charge is -2.19. The molecule has 2 nitrogen and oxygen atoms in total. The number of hydrogen-bond donors (Lipinski definition) is 2. The Morgan fingerprint density at radius 2 is 1.74 bits per heavy atom. The van der Waals surface area contributed by atoms with Gasteiger partial charge < -0.3 is 0 Å². The summed E-state index contributed by atoms with van der Waals surface area (Å²) in [6, 6.07) is 9.12. The maximum absolute atomic E-state index is 14.1. The number of hydrazine groups is 1. The maximum atomic E-state index is 14.1. The molecule has 0 saturated carbocycles. The van der Waals surface area contributed by atoms with E-state index >= 15 is 0 Å². The topological polar surface area (TPSA) is 38.0 Å². The van der Waals surface area contributed by atoms with Gasteiger partial charge in [0.05, 0.1) is 10.5 Å². The van der Waals surface area contributed by atoms with Gasteiger partial charge in [0.2, 0.25) is 0 Å². The molecule has 0 heterocycles. The Kier molecular flexibility index (Phi) is 4.29. The standard InChI is InChI=1S/C14H13BrF2N2/c1-8-2-4-9(5-3-8)14(19-18)12-11(16)7-6-10(15)13(12)17/h2-7,14,19H,18H2,1H3. The monoisotopic (exact) mass is 326 g/mol. The van der Waals surface area contributed by atoms with Crippen molar-refractivity contribution in [1.82, 2.24) is 5.43 Å². The molecule has 100 valence electrons. The van der Waals surface area contributed by atoms with Gasteiger partial charge in [-0.1, -0.05) is 29.8 Å². The van der Waals surface area contributed by atoms with Crippen molar-refractivity contribution in [3.8, 4) is 0 Å². The smallest absolute Gasteiger partial charge is 0.145 e. The molecule has 0 aliphatic carbocycles. The Morgan fingerprint density at radius 3 is 2.32 bits per heavy atom. The predicted octanol–water partition coefficient (Wildman–Crippen LogP) is 3.59. The summed E-state index contributed by atoms with van der Waals surface area (Å²) in [5, 5.41) is 0. The first kappa shape index (κ1) is 14.1. The van der Waals surface area contributed by atoms with Gasteiger partial charge in [0, 0.05) is 5.56 Å². The van der Waals surface area contributed by atoms with Crippen molar-refractivity contribution < 1.29 is 8.78 Å². The molecular formula is C14H13BrF2N2. The highest BCUT2D eigenvalue weighted by Gasteiger charge is 2.22. The molecule has 0 aromatic heterocycles. The van der Waals surface area contributed by atoms with Crippen molar-refractivity contribution in [3.05, 3.63) is 69.2 Å². The van der Waals surface area contributed by atoms with E-state index in [9.17, 15) is 8.78 Å². The largest absolute Gasteiger partial charge is 0.271 e. The molecule has 1 atom stereocenters. The second kappa shape index (κ2) is 5.77. The molecule has 2 rings (SSSR count). The fourth-order valence-electron chi connectivity index (χ4n) is 1.91. The molecule has 0 radical (unpaired) electrons. The van der Waals surface area contributed by atoms with Crippen molar-refractivity contribution in [2.45, 2.75) is 13.0 Å². The maximum Gasteiger partial charge on any atom is 0.145 e. The summed E-state index contributed by atoms with van der Waals surface area (Å²) < 4.78 is 28.2. The summed E-state index contributed by atoms with van der Waals surface area (Å²) >= 11 is 3.05. The normalized spacial score (nSPS) is 12.5. The average molecular weight is 327 g/mol. The second-order valence-corrected chi connectivity index (χ2v) is 5.12. The number of nitrogens with two attached hydrogens (primary N) is 1. The molecule has 0 fully saturated rings. The Bertz CT molecular complexity index is 585. The van der Waals surface area contributed by atoms with E-state index in [1.165, 1.54) is 12.1 Å². The number of benzene rings is 2. The zero-order valence-electron chi connectivity index (χ0n) is 10.3. The van der Waals surface area contributed by atoms with Gasteiger partial charge in [0.15, 0.2) is 0 Å². The van der Waals surface area contributed by atoms with Crippen LogP contribution >= 0.6 is 15.9 Å². The van der Waals surface area contributed by atoms with Gasteiger partial charge in [-0.3, -0.25) is 5.84 Å². The molecule has 0 saturated heterocycles. The molecule has 5 heteroatoms. The zero-order chi connectivity index (χ0) is 14.0. The van der Waals surface area contributed by atoms with Gasteiger partial charge in [-0.25, -0.2) is 14.2 Å². The predicted molar refractivity (Wildman–Crippen MR) is 74.4 cm³/mol. The molecule has 1 unspecified atom stereocenters. The van der Waals surface area contributed by atoms with Gasteiger partial charge in [-0.2, -0.15) is 0 Å². The van der Waals surface area contributed by atoms with Crippen molar-refractivity contribution in [2.24, 2.45) is 5.84 Å². The van der Waals surface area contributed by atoms with Crippen LogP contribution in [0.15, 0.2) is 40.9 Å². The molecule has 0 spiro atoms. The van der Waals surface area contributed by atoms with E-state index in [-0.39, 0.29) is 10.0 Å². The first-order valence-electron chi connectivity index (χ1n) is 5.70. The number of halogens is 3. The van der Waals surface area contributed by atoms with Crippen molar-refractivity contribution in [3.63, 3.8) is 0 Å². The number of rotatable bonds is 3. The van der Waals surface area contributed by atoms with E-state index in [2.05, 4.69) is 21.4 Å². The Morgan fingerprint density at radius 1 is 1.11 bits per heavy atom. The molecule has 0 aliphatic heterocycles. The van der Waals surface area contributed by atoms with Gasteiger partial charge in [0.25, 0.3) is 0 Å². The van der Waals surface area contributed by atoms with Crippen molar-refractivity contribution in [2.75, 3.05) is 0 Å². The summed E-state index contributed by atoms with van der Waals surface area (Å²) in [4.78, 5) is 0. The van der Waals surface area contributed by atoms with Crippen LogP contribution in [-0.2, 0) is 0 Å². The molecule has 0 amide bonds. The minimum Gasteiger partial charge on any atom is -0.271 e. The van der Waals surface area contributed by atoms with Crippen LogP contribution in [0, 0.1) is 18.6 Å². The van der Waals surface area contributed by atoms with Gasteiger partial charge >= 0.3 is 0 Å². The third-order valence-electron chi connectivity index (χ3n) is 2.95. The average Bonchev–Trinajstić information content (AvgIpc) is 2.40. The lowest BCUT2D eigenvalue weighted by molar-refractivity contribution is 0.507. The van der Waals surface area contributed by atoms with Crippen LogP contribution < -0.4 is 11.3 Å². The second-order valence-electron chi connectivity index (χ2n) is 4.27. The fourth-order valence-corrected chi connectivity index (χ4v) is 2.26. The third kappa shape index (κ3) is 2.83. The first-order chi connectivity index (χ1) is 9.04. The van der Waals surface area contributed by atoms with Gasteiger partial charge in [0.1, 0.15) is 11.6 Å². The molecule has 3 N–H and O–H groups in total. The van der Waals surface area contributed by atoms with Gasteiger partial charge in [-0.05, 0) is 40.5 Å². The van der Waals surface area contributed by atoms with Crippen LogP contribution in [0.2, 0.25) is 0 Å². The molecule has 0 aliphatic rings. The van der Waals surface area contributed by atoms with Crippen molar-refractivity contribution >= 4 is 15.9 Å². The number of hydrogen-bond acceptors (Lipinski definition) is 2. The van der Waals surface area contributed by atoms with Crippen LogP contribution in [0.5, 0.6) is 0 Å².